The minimum Gasteiger partial charge on any atom is -0.466 e. The summed E-state index contributed by atoms with van der Waals surface area (Å²) in [6, 6.07) is 0. The molecule has 0 N–H and O–H groups in total. The summed E-state index contributed by atoms with van der Waals surface area (Å²) in [5.74, 6) is 0.577. The molecule has 0 aliphatic heterocycles. The lowest BCUT2D eigenvalue weighted by atomic mass is 9.91. The monoisotopic (exact) mass is 368 g/mol. The molecule has 0 heterocycles. The average molecular weight is 369 g/mol. The number of ether oxygens (including phenoxy) is 1. The molecule has 0 rings (SSSR count). The first-order valence-corrected chi connectivity index (χ1v) is 11.9. The lowest BCUT2D eigenvalue weighted by Crippen LogP contribution is -2.12. The highest BCUT2D eigenvalue weighted by Crippen LogP contribution is 2.22. The second kappa shape index (κ2) is 20.8. The summed E-state index contributed by atoms with van der Waals surface area (Å²) in [5.41, 5.74) is 0. The molecule has 26 heavy (non-hydrogen) atoms. The van der Waals surface area contributed by atoms with Crippen LogP contribution in [0.3, 0.4) is 0 Å². The van der Waals surface area contributed by atoms with Gasteiger partial charge in [-0.15, -0.1) is 0 Å². The fourth-order valence-electron chi connectivity index (χ4n) is 3.64. The number of carbonyl (C=O) groups excluding carboxylic acids is 1. The van der Waals surface area contributed by atoms with Gasteiger partial charge in [-0.25, -0.2) is 0 Å². The van der Waals surface area contributed by atoms with E-state index in [0.717, 1.165) is 6.42 Å². The molecular weight excluding hydrogens is 320 g/mol. The van der Waals surface area contributed by atoms with Crippen LogP contribution in [0.2, 0.25) is 0 Å². The number of unbranched alkanes of at least 4 members (excludes halogenated alkanes) is 12. The zero-order valence-electron chi connectivity index (χ0n) is 18.3. The Morgan fingerprint density at radius 1 is 0.615 bits per heavy atom. The Kier molecular flexibility index (Phi) is 20.4. The zero-order valence-corrected chi connectivity index (χ0v) is 18.3. The van der Waals surface area contributed by atoms with E-state index >= 15 is 0 Å². The van der Waals surface area contributed by atoms with E-state index in [9.17, 15) is 4.79 Å². The van der Waals surface area contributed by atoms with Gasteiger partial charge in [0, 0.05) is 6.42 Å². The van der Waals surface area contributed by atoms with Gasteiger partial charge in [0.05, 0.1) is 6.61 Å². The normalized spacial score (nSPS) is 12.3. The van der Waals surface area contributed by atoms with Gasteiger partial charge in [-0.1, -0.05) is 111 Å². The van der Waals surface area contributed by atoms with E-state index in [2.05, 4.69) is 20.8 Å². The fourth-order valence-corrected chi connectivity index (χ4v) is 3.64. The minimum atomic E-state index is 0.0300. The maximum absolute atomic E-state index is 12.0. The van der Waals surface area contributed by atoms with Gasteiger partial charge in [-0.3, -0.25) is 4.79 Å². The number of hydrogen-bond donors (Lipinski definition) is 0. The Bertz CT molecular complexity index is 288. The Hall–Kier alpha value is -0.530. The molecule has 0 saturated heterocycles. The summed E-state index contributed by atoms with van der Waals surface area (Å²) in [5, 5.41) is 0. The van der Waals surface area contributed by atoms with E-state index in [0.29, 0.717) is 18.9 Å². The van der Waals surface area contributed by atoms with Crippen molar-refractivity contribution >= 4 is 5.97 Å². The highest BCUT2D eigenvalue weighted by molar-refractivity contribution is 5.69. The van der Waals surface area contributed by atoms with E-state index in [1.165, 1.54) is 103 Å². The molecular formula is C24H48O2. The lowest BCUT2D eigenvalue weighted by Gasteiger charge is -2.16. The molecule has 0 fully saturated rings. The van der Waals surface area contributed by atoms with Crippen LogP contribution < -0.4 is 0 Å². The molecule has 0 aromatic carbocycles. The van der Waals surface area contributed by atoms with Crippen molar-refractivity contribution in [2.45, 2.75) is 136 Å². The molecule has 0 aromatic rings. The summed E-state index contributed by atoms with van der Waals surface area (Å²) < 4.78 is 5.32. The smallest absolute Gasteiger partial charge is 0.306 e. The Morgan fingerprint density at radius 2 is 1.04 bits per heavy atom. The van der Waals surface area contributed by atoms with Crippen molar-refractivity contribution in [1.29, 1.82) is 0 Å². The van der Waals surface area contributed by atoms with Crippen LogP contribution in [0.4, 0.5) is 0 Å². The maximum Gasteiger partial charge on any atom is 0.306 e. The van der Waals surface area contributed by atoms with Crippen molar-refractivity contribution in [3.8, 4) is 0 Å². The molecule has 2 nitrogen and oxygen atoms in total. The van der Waals surface area contributed by atoms with Gasteiger partial charge in [0.1, 0.15) is 0 Å². The highest BCUT2D eigenvalue weighted by Gasteiger charge is 2.14. The van der Waals surface area contributed by atoms with Gasteiger partial charge in [0.2, 0.25) is 0 Å². The first kappa shape index (κ1) is 25.5. The first-order valence-electron chi connectivity index (χ1n) is 11.9. The van der Waals surface area contributed by atoms with E-state index in [-0.39, 0.29) is 5.97 Å². The van der Waals surface area contributed by atoms with Crippen molar-refractivity contribution in [1.82, 2.24) is 0 Å². The minimum absolute atomic E-state index is 0.0300. The van der Waals surface area contributed by atoms with Crippen molar-refractivity contribution in [2.75, 3.05) is 6.61 Å². The van der Waals surface area contributed by atoms with Crippen LogP contribution in [0.1, 0.15) is 136 Å². The second-order valence-electron chi connectivity index (χ2n) is 8.11. The van der Waals surface area contributed by atoms with Crippen LogP contribution in [0.5, 0.6) is 0 Å². The topological polar surface area (TPSA) is 26.3 Å². The molecule has 0 bridgehead atoms. The van der Waals surface area contributed by atoms with E-state index < -0.39 is 0 Å². The maximum atomic E-state index is 12.0. The number of hydrogen-bond acceptors (Lipinski definition) is 2. The van der Waals surface area contributed by atoms with Gasteiger partial charge in [-0.05, 0) is 25.2 Å². The molecule has 0 aliphatic rings. The third-order valence-electron chi connectivity index (χ3n) is 5.35. The Balaban J connectivity index is 3.90. The van der Waals surface area contributed by atoms with E-state index in [1.54, 1.807) is 0 Å². The largest absolute Gasteiger partial charge is 0.466 e. The first-order chi connectivity index (χ1) is 12.7. The molecule has 2 heteroatoms. The van der Waals surface area contributed by atoms with Gasteiger partial charge in [-0.2, -0.15) is 0 Å². The standard InChI is InChI=1S/C24H48O2/c1-4-7-9-11-13-14-16-18-20-23(22-24(25)26-21-6-3)19-17-15-12-10-8-5-2/h23H,4-22H2,1-3H3. The van der Waals surface area contributed by atoms with Crippen molar-refractivity contribution in [3.63, 3.8) is 0 Å². The molecule has 0 radical (unpaired) electrons. The summed E-state index contributed by atoms with van der Waals surface area (Å²) in [6.07, 6.45) is 22.9. The van der Waals surface area contributed by atoms with Crippen molar-refractivity contribution in [2.24, 2.45) is 5.92 Å². The summed E-state index contributed by atoms with van der Waals surface area (Å²) >= 11 is 0. The zero-order chi connectivity index (χ0) is 19.3. The van der Waals surface area contributed by atoms with Crippen molar-refractivity contribution < 1.29 is 9.53 Å². The fraction of sp³-hybridized carbons (Fsp3) is 0.958. The molecule has 1 atom stereocenters. The molecule has 156 valence electrons. The van der Waals surface area contributed by atoms with E-state index in [1.807, 2.05) is 0 Å². The molecule has 0 aromatic heterocycles. The molecule has 1 unspecified atom stereocenters. The van der Waals surface area contributed by atoms with Gasteiger partial charge >= 0.3 is 5.97 Å². The van der Waals surface area contributed by atoms with E-state index in [4.69, 9.17) is 4.74 Å². The van der Waals surface area contributed by atoms with Crippen LogP contribution in [0.15, 0.2) is 0 Å². The van der Waals surface area contributed by atoms with Crippen LogP contribution in [0, 0.1) is 5.92 Å². The SMILES string of the molecule is CCCCCCCCCCC(CCCCCCCC)CC(=O)OCCC. The van der Waals surface area contributed by atoms with Gasteiger partial charge in [0.25, 0.3) is 0 Å². The molecule has 0 spiro atoms. The quantitative estimate of drug-likeness (QED) is 0.160. The van der Waals surface area contributed by atoms with Gasteiger partial charge < -0.3 is 4.74 Å². The number of rotatable bonds is 20. The lowest BCUT2D eigenvalue weighted by molar-refractivity contribution is -0.144. The van der Waals surface area contributed by atoms with Crippen LogP contribution in [-0.2, 0) is 9.53 Å². The predicted molar refractivity (Wildman–Crippen MR) is 115 cm³/mol. The predicted octanol–water partition coefficient (Wildman–Crippen LogP) is 8.23. The van der Waals surface area contributed by atoms with Crippen LogP contribution in [0.25, 0.3) is 0 Å². The highest BCUT2D eigenvalue weighted by atomic mass is 16.5. The average Bonchev–Trinajstić information content (AvgIpc) is 2.64. The number of esters is 1. The van der Waals surface area contributed by atoms with Crippen LogP contribution in [-0.4, -0.2) is 12.6 Å². The molecule has 0 saturated carbocycles. The summed E-state index contributed by atoms with van der Waals surface area (Å²) in [7, 11) is 0. The van der Waals surface area contributed by atoms with Gasteiger partial charge in [0.15, 0.2) is 0 Å². The Labute approximate surface area is 164 Å². The summed E-state index contributed by atoms with van der Waals surface area (Å²) in [4.78, 5) is 12.0. The molecule has 0 amide bonds. The summed E-state index contributed by atoms with van der Waals surface area (Å²) in [6.45, 7) is 7.18. The van der Waals surface area contributed by atoms with Crippen molar-refractivity contribution in [3.05, 3.63) is 0 Å². The van der Waals surface area contributed by atoms with Crippen LogP contribution >= 0.6 is 0 Å². The third-order valence-corrected chi connectivity index (χ3v) is 5.35. The number of carbonyl (C=O) groups is 1. The third kappa shape index (κ3) is 18.3. The second-order valence-corrected chi connectivity index (χ2v) is 8.11. The Morgan fingerprint density at radius 3 is 1.46 bits per heavy atom. The molecule has 0 aliphatic carbocycles.